The first-order chi connectivity index (χ1) is 19.7. The van der Waals surface area contributed by atoms with E-state index >= 15 is 0 Å². The fraction of sp³-hybridized carbons (Fsp3) is 0.895. The number of allylic oxidation sites excluding steroid dienone is 4. The quantitative estimate of drug-likeness (QED) is 0.107. The molecule has 2 aliphatic carbocycles. The van der Waals surface area contributed by atoms with Crippen LogP contribution in [0.15, 0.2) is 24.3 Å². The molecular formula is C38H70O3. The van der Waals surface area contributed by atoms with Gasteiger partial charge >= 0.3 is 0 Å². The van der Waals surface area contributed by atoms with Crippen molar-refractivity contribution in [1.82, 2.24) is 0 Å². The Labute approximate surface area is 256 Å². The fourth-order valence-corrected chi connectivity index (χ4v) is 7.90. The zero-order valence-electron chi connectivity index (χ0n) is 28.7. The first-order valence-corrected chi connectivity index (χ1v) is 17.7. The monoisotopic (exact) mass is 575 g/mol. The van der Waals surface area contributed by atoms with E-state index in [1.54, 1.807) is 0 Å². The zero-order valence-corrected chi connectivity index (χ0v) is 28.7. The Hall–Kier alpha value is -0.640. The molecule has 0 aliphatic heterocycles. The summed E-state index contributed by atoms with van der Waals surface area (Å²) in [7, 11) is 3.82. The molecule has 0 aromatic carbocycles. The van der Waals surface area contributed by atoms with Gasteiger partial charge < -0.3 is 14.2 Å². The van der Waals surface area contributed by atoms with Crippen LogP contribution in [0.4, 0.5) is 0 Å². The molecule has 0 saturated heterocycles. The van der Waals surface area contributed by atoms with Crippen molar-refractivity contribution in [2.24, 2.45) is 34.5 Å². The Morgan fingerprint density at radius 2 is 0.976 bits per heavy atom. The van der Waals surface area contributed by atoms with Gasteiger partial charge in [-0.2, -0.15) is 0 Å². The second-order valence-electron chi connectivity index (χ2n) is 14.8. The van der Waals surface area contributed by atoms with Gasteiger partial charge in [-0.05, 0) is 74.0 Å². The van der Waals surface area contributed by atoms with Crippen LogP contribution in [-0.2, 0) is 14.2 Å². The average Bonchev–Trinajstić information content (AvgIpc) is 2.93. The molecule has 0 bridgehead atoms. The highest BCUT2D eigenvalue weighted by atomic mass is 16.5. The summed E-state index contributed by atoms with van der Waals surface area (Å²) in [6.45, 7) is 15.7. The van der Waals surface area contributed by atoms with Gasteiger partial charge in [0.25, 0.3) is 0 Å². The van der Waals surface area contributed by atoms with E-state index in [9.17, 15) is 0 Å². The van der Waals surface area contributed by atoms with Gasteiger partial charge in [0.05, 0.1) is 25.4 Å². The molecule has 0 aromatic rings. The van der Waals surface area contributed by atoms with Crippen molar-refractivity contribution in [2.45, 2.75) is 156 Å². The van der Waals surface area contributed by atoms with Gasteiger partial charge in [0, 0.05) is 26.1 Å². The number of rotatable bonds is 20. The van der Waals surface area contributed by atoms with Crippen molar-refractivity contribution in [1.29, 1.82) is 0 Å². The van der Waals surface area contributed by atoms with Gasteiger partial charge in [-0.1, -0.05) is 117 Å². The summed E-state index contributed by atoms with van der Waals surface area (Å²) in [5.41, 5.74) is 0.356. The van der Waals surface area contributed by atoms with E-state index < -0.39 is 0 Å². The fourth-order valence-electron chi connectivity index (χ4n) is 7.90. The summed E-state index contributed by atoms with van der Waals surface area (Å²) in [5.74, 6) is 1.87. The lowest BCUT2D eigenvalue weighted by atomic mass is 9.64. The van der Waals surface area contributed by atoms with Crippen LogP contribution in [-0.4, -0.2) is 39.6 Å². The molecule has 0 N–H and O–H groups in total. The van der Waals surface area contributed by atoms with Gasteiger partial charge in [0.2, 0.25) is 0 Å². The Balaban J connectivity index is 2.04. The second kappa shape index (κ2) is 19.6. The molecule has 0 radical (unpaired) electrons. The first kappa shape index (κ1) is 36.6. The van der Waals surface area contributed by atoms with E-state index in [2.05, 4.69) is 65.8 Å². The molecule has 41 heavy (non-hydrogen) atoms. The van der Waals surface area contributed by atoms with E-state index in [1.165, 1.54) is 103 Å². The van der Waals surface area contributed by atoms with Crippen LogP contribution in [0.25, 0.3) is 0 Å². The highest BCUT2D eigenvalue weighted by Crippen LogP contribution is 2.46. The molecule has 0 heterocycles. The summed E-state index contributed by atoms with van der Waals surface area (Å²) in [6, 6.07) is 0. The molecular weight excluding hydrogens is 504 g/mol. The van der Waals surface area contributed by atoms with Crippen LogP contribution >= 0.6 is 0 Å². The number of ether oxygens (including phenoxy) is 3. The third-order valence-corrected chi connectivity index (χ3v) is 10.5. The highest BCUT2D eigenvalue weighted by Gasteiger charge is 2.45. The smallest absolute Gasteiger partial charge is 0.0677 e. The predicted molar refractivity (Wildman–Crippen MR) is 177 cm³/mol. The molecule has 2 saturated carbocycles. The van der Waals surface area contributed by atoms with Gasteiger partial charge in [-0.15, -0.1) is 0 Å². The highest BCUT2D eigenvalue weighted by molar-refractivity contribution is 5.03. The summed E-state index contributed by atoms with van der Waals surface area (Å²) >= 11 is 0. The molecule has 6 atom stereocenters. The summed E-state index contributed by atoms with van der Waals surface area (Å²) < 4.78 is 19.2. The topological polar surface area (TPSA) is 27.7 Å². The van der Waals surface area contributed by atoms with Crippen molar-refractivity contribution in [3.05, 3.63) is 24.3 Å². The van der Waals surface area contributed by atoms with Crippen LogP contribution in [0.5, 0.6) is 0 Å². The zero-order chi connectivity index (χ0) is 30.1. The van der Waals surface area contributed by atoms with Crippen molar-refractivity contribution < 1.29 is 14.2 Å². The Morgan fingerprint density at radius 3 is 1.34 bits per heavy atom. The normalized spacial score (nSPS) is 30.0. The Kier molecular flexibility index (Phi) is 17.5. The van der Waals surface area contributed by atoms with E-state index in [1.807, 2.05) is 14.2 Å². The molecule has 0 aromatic heterocycles. The van der Waals surface area contributed by atoms with Gasteiger partial charge in [0.1, 0.15) is 0 Å². The average molecular weight is 575 g/mol. The molecule has 0 unspecified atom stereocenters. The lowest BCUT2D eigenvalue weighted by Crippen LogP contribution is -2.49. The molecule has 2 fully saturated rings. The third-order valence-electron chi connectivity index (χ3n) is 10.5. The van der Waals surface area contributed by atoms with Gasteiger partial charge in [-0.25, -0.2) is 0 Å². The summed E-state index contributed by atoms with van der Waals surface area (Å²) in [6.07, 6.45) is 31.1. The molecule has 3 heteroatoms. The van der Waals surface area contributed by atoms with Crippen molar-refractivity contribution >= 4 is 0 Å². The van der Waals surface area contributed by atoms with E-state index in [0.717, 1.165) is 13.2 Å². The van der Waals surface area contributed by atoms with E-state index in [-0.39, 0.29) is 23.0 Å². The van der Waals surface area contributed by atoms with Crippen LogP contribution < -0.4 is 0 Å². The van der Waals surface area contributed by atoms with Crippen molar-refractivity contribution in [3.8, 4) is 0 Å². The van der Waals surface area contributed by atoms with Crippen molar-refractivity contribution in [2.75, 3.05) is 27.4 Å². The summed E-state index contributed by atoms with van der Waals surface area (Å²) in [5, 5.41) is 0. The number of methoxy groups -OCH3 is 2. The van der Waals surface area contributed by atoms with E-state index in [4.69, 9.17) is 14.2 Å². The predicted octanol–water partition coefficient (Wildman–Crippen LogP) is 11.0. The molecule has 240 valence electrons. The lowest BCUT2D eigenvalue weighted by molar-refractivity contribution is -0.126. The minimum absolute atomic E-state index is 0.178. The third kappa shape index (κ3) is 12.1. The standard InChI is InChI=1S/C38H70O3/c1-9-11-13-15-17-19-21-23-31-25-27-37(3,4)35(39-7)33(31)29-41-30-34-32(24-22-20-18-16-14-12-10-2)26-28-38(5,6)36(34)40-8/h21-24,31-36H,9-20,25-30H2,1-8H3/t31-,32-,33-,34-,35+,36+/m0/s1. The molecule has 2 aliphatic rings. The van der Waals surface area contributed by atoms with Crippen LogP contribution in [0.2, 0.25) is 0 Å². The largest absolute Gasteiger partial charge is 0.381 e. The summed E-state index contributed by atoms with van der Waals surface area (Å²) in [4.78, 5) is 0. The Bertz CT molecular complexity index is 663. The number of hydrogen-bond acceptors (Lipinski definition) is 3. The molecule has 0 spiro atoms. The minimum atomic E-state index is 0.178. The van der Waals surface area contributed by atoms with Gasteiger partial charge in [-0.3, -0.25) is 0 Å². The number of unbranched alkanes of at least 4 members (excludes halogenated alkanes) is 10. The van der Waals surface area contributed by atoms with Gasteiger partial charge in [0.15, 0.2) is 0 Å². The maximum atomic E-state index is 6.74. The van der Waals surface area contributed by atoms with Crippen molar-refractivity contribution in [3.63, 3.8) is 0 Å². The maximum Gasteiger partial charge on any atom is 0.0677 e. The Morgan fingerprint density at radius 1 is 0.585 bits per heavy atom. The molecule has 0 amide bonds. The number of hydrogen-bond donors (Lipinski definition) is 0. The second-order valence-corrected chi connectivity index (χ2v) is 14.8. The molecule has 2 rings (SSSR count). The first-order valence-electron chi connectivity index (χ1n) is 17.7. The molecule has 3 nitrogen and oxygen atoms in total. The van der Waals surface area contributed by atoms with Crippen LogP contribution in [0.1, 0.15) is 144 Å². The SMILES string of the molecule is CCCCCCCC=C[C@H]1CCC(C)(C)[C@H](OC)[C@H]1COC[C@@H]1[C@@H](OC)C(C)(C)CC[C@@H]1C=CCCCCCCC. The minimum Gasteiger partial charge on any atom is -0.381 e. The van der Waals surface area contributed by atoms with Crippen LogP contribution in [0, 0.1) is 34.5 Å². The van der Waals surface area contributed by atoms with E-state index in [0.29, 0.717) is 23.7 Å². The van der Waals surface area contributed by atoms with Crippen LogP contribution in [0.3, 0.4) is 0 Å². The lowest BCUT2D eigenvalue weighted by Gasteiger charge is -2.48. The maximum absolute atomic E-state index is 6.74.